The van der Waals surface area contributed by atoms with Crippen molar-refractivity contribution in [2.75, 3.05) is 0 Å². The molecule has 6 heteroatoms. The molecule has 0 fully saturated rings. The highest BCUT2D eigenvalue weighted by molar-refractivity contribution is 5.07. The summed E-state index contributed by atoms with van der Waals surface area (Å²) in [4.78, 5) is 0. The van der Waals surface area contributed by atoms with Gasteiger partial charge in [0.1, 0.15) is 6.20 Å². The third-order valence-electron chi connectivity index (χ3n) is 1.29. The number of alkyl halides is 3. The Kier molecular flexibility index (Phi) is 2.49. The molecule has 1 radical (unpaired) electrons. The quantitative estimate of drug-likeness (QED) is 0.719. The van der Waals surface area contributed by atoms with Crippen LogP contribution in [0.15, 0.2) is 6.07 Å². The van der Waals surface area contributed by atoms with Crippen LogP contribution >= 0.6 is 0 Å². The number of halogens is 3. The van der Waals surface area contributed by atoms with E-state index in [0.717, 1.165) is 10.7 Å². The van der Waals surface area contributed by atoms with Gasteiger partial charge in [0.2, 0.25) is 5.88 Å². The minimum Gasteiger partial charge on any atom is -0.388 e. The van der Waals surface area contributed by atoms with E-state index in [1.165, 1.54) is 0 Å². The molecular formula is C7H8F3N2O. The maximum absolute atomic E-state index is 11.8. The van der Waals surface area contributed by atoms with Crippen molar-refractivity contribution >= 4 is 0 Å². The number of rotatable bonds is 2. The van der Waals surface area contributed by atoms with E-state index in [4.69, 9.17) is 0 Å². The zero-order valence-electron chi connectivity index (χ0n) is 7.09. The Bertz CT molecular complexity index is 280. The van der Waals surface area contributed by atoms with E-state index in [1.54, 1.807) is 13.8 Å². The predicted molar refractivity (Wildman–Crippen MR) is 38.1 cm³/mol. The Morgan fingerprint density at radius 3 is 2.62 bits per heavy atom. The molecule has 0 bridgehead atoms. The first-order chi connectivity index (χ1) is 5.90. The Morgan fingerprint density at radius 1 is 1.54 bits per heavy atom. The van der Waals surface area contributed by atoms with Crippen LogP contribution in [-0.4, -0.2) is 16.1 Å². The van der Waals surface area contributed by atoms with Crippen LogP contribution in [-0.2, 0) is 0 Å². The zero-order valence-corrected chi connectivity index (χ0v) is 7.09. The fourth-order valence-electron chi connectivity index (χ4n) is 0.826. The van der Waals surface area contributed by atoms with Crippen molar-refractivity contribution in [2.45, 2.75) is 26.3 Å². The van der Waals surface area contributed by atoms with Gasteiger partial charge in [-0.15, -0.1) is 13.2 Å². The largest absolute Gasteiger partial charge is 0.574 e. The molecule has 73 valence electrons. The van der Waals surface area contributed by atoms with E-state index >= 15 is 0 Å². The minimum atomic E-state index is -4.68. The van der Waals surface area contributed by atoms with E-state index in [0.29, 0.717) is 0 Å². The second-order valence-electron chi connectivity index (χ2n) is 2.70. The van der Waals surface area contributed by atoms with Gasteiger partial charge in [-0.25, -0.2) is 4.68 Å². The van der Waals surface area contributed by atoms with Crippen molar-refractivity contribution in [3.63, 3.8) is 0 Å². The van der Waals surface area contributed by atoms with E-state index in [-0.39, 0.29) is 11.9 Å². The molecule has 0 saturated carbocycles. The SMILES string of the molecule is CC(C)n1n[c]cc1OC(F)(F)F. The molecular weight excluding hydrogens is 185 g/mol. The van der Waals surface area contributed by atoms with Gasteiger partial charge in [-0.2, -0.15) is 5.10 Å². The lowest BCUT2D eigenvalue weighted by molar-refractivity contribution is -0.277. The third-order valence-corrected chi connectivity index (χ3v) is 1.29. The van der Waals surface area contributed by atoms with Crippen molar-refractivity contribution in [3.05, 3.63) is 12.3 Å². The van der Waals surface area contributed by atoms with Gasteiger partial charge < -0.3 is 4.74 Å². The van der Waals surface area contributed by atoms with E-state index in [2.05, 4.69) is 16.0 Å². The van der Waals surface area contributed by atoms with Crippen LogP contribution in [0.4, 0.5) is 13.2 Å². The Morgan fingerprint density at radius 2 is 2.15 bits per heavy atom. The van der Waals surface area contributed by atoms with Gasteiger partial charge in [-0.05, 0) is 13.8 Å². The van der Waals surface area contributed by atoms with Gasteiger partial charge in [0.15, 0.2) is 0 Å². The molecule has 0 N–H and O–H groups in total. The number of hydrogen-bond acceptors (Lipinski definition) is 2. The fourth-order valence-corrected chi connectivity index (χ4v) is 0.826. The van der Waals surface area contributed by atoms with Gasteiger partial charge >= 0.3 is 6.36 Å². The molecule has 1 aromatic rings. The van der Waals surface area contributed by atoms with Crippen LogP contribution < -0.4 is 4.74 Å². The maximum Gasteiger partial charge on any atom is 0.574 e. The molecule has 3 nitrogen and oxygen atoms in total. The van der Waals surface area contributed by atoms with Crippen LogP contribution in [0.3, 0.4) is 0 Å². The average molecular weight is 193 g/mol. The highest BCUT2D eigenvalue weighted by Crippen LogP contribution is 2.23. The number of aromatic nitrogens is 2. The number of nitrogens with zero attached hydrogens (tertiary/aromatic N) is 2. The first-order valence-corrected chi connectivity index (χ1v) is 3.61. The first kappa shape index (κ1) is 9.88. The van der Waals surface area contributed by atoms with Gasteiger partial charge in [0.25, 0.3) is 0 Å². The number of ether oxygens (including phenoxy) is 1. The van der Waals surface area contributed by atoms with Crippen LogP contribution in [0.2, 0.25) is 0 Å². The summed E-state index contributed by atoms with van der Waals surface area (Å²) >= 11 is 0. The molecule has 0 saturated heterocycles. The van der Waals surface area contributed by atoms with Crippen molar-refractivity contribution in [1.82, 2.24) is 9.78 Å². The molecule has 0 spiro atoms. The molecule has 1 rings (SSSR count). The second-order valence-corrected chi connectivity index (χ2v) is 2.70. The monoisotopic (exact) mass is 193 g/mol. The van der Waals surface area contributed by atoms with Crippen LogP contribution in [0.25, 0.3) is 0 Å². The summed E-state index contributed by atoms with van der Waals surface area (Å²) in [5.74, 6) is -0.345. The summed E-state index contributed by atoms with van der Waals surface area (Å²) in [5.41, 5.74) is 0. The van der Waals surface area contributed by atoms with Crippen molar-refractivity contribution in [3.8, 4) is 5.88 Å². The van der Waals surface area contributed by atoms with Gasteiger partial charge in [-0.1, -0.05) is 0 Å². The van der Waals surface area contributed by atoms with Gasteiger partial charge in [0.05, 0.1) is 6.04 Å². The van der Waals surface area contributed by atoms with Crippen LogP contribution in [0.5, 0.6) is 5.88 Å². The summed E-state index contributed by atoms with van der Waals surface area (Å²) in [6.07, 6.45) is -2.39. The normalized spacial score (nSPS) is 12.2. The molecule has 0 atom stereocenters. The maximum atomic E-state index is 11.8. The van der Waals surface area contributed by atoms with Crippen molar-refractivity contribution < 1.29 is 17.9 Å². The summed E-state index contributed by atoms with van der Waals surface area (Å²) in [7, 11) is 0. The van der Waals surface area contributed by atoms with Crippen LogP contribution in [0.1, 0.15) is 19.9 Å². The zero-order chi connectivity index (χ0) is 10.1. The predicted octanol–water partition coefficient (Wildman–Crippen LogP) is 2.16. The van der Waals surface area contributed by atoms with E-state index in [1.807, 2.05) is 0 Å². The van der Waals surface area contributed by atoms with Gasteiger partial charge in [-0.3, -0.25) is 0 Å². The molecule has 0 aromatic carbocycles. The van der Waals surface area contributed by atoms with E-state index < -0.39 is 6.36 Å². The summed E-state index contributed by atoms with van der Waals surface area (Å²) in [6.45, 7) is 3.40. The Hall–Kier alpha value is -1.20. The van der Waals surface area contributed by atoms with Crippen molar-refractivity contribution in [1.29, 1.82) is 0 Å². The smallest absolute Gasteiger partial charge is 0.388 e. The topological polar surface area (TPSA) is 27.1 Å². The molecule has 1 heterocycles. The lowest BCUT2D eigenvalue weighted by Gasteiger charge is -2.12. The highest BCUT2D eigenvalue weighted by atomic mass is 19.4. The summed E-state index contributed by atoms with van der Waals surface area (Å²) in [6, 6.07) is 0.858. The standard InChI is InChI=1S/C7H8F3N2O/c1-5(2)12-6(3-4-11-12)13-7(8,9)10/h3,5H,1-2H3. The third kappa shape index (κ3) is 2.64. The van der Waals surface area contributed by atoms with Crippen molar-refractivity contribution in [2.24, 2.45) is 0 Å². The Balaban J connectivity index is 2.83. The number of hydrogen-bond donors (Lipinski definition) is 0. The second kappa shape index (κ2) is 3.27. The summed E-state index contributed by atoms with van der Waals surface area (Å²) in [5, 5.41) is 3.57. The average Bonchev–Trinajstić information content (AvgIpc) is 2.31. The van der Waals surface area contributed by atoms with E-state index in [9.17, 15) is 13.2 Å². The molecule has 0 aliphatic carbocycles. The minimum absolute atomic E-state index is 0.191. The summed E-state index contributed by atoms with van der Waals surface area (Å²) < 4.78 is 40.2. The fraction of sp³-hybridized carbons (Fsp3) is 0.571. The molecule has 1 aromatic heterocycles. The van der Waals surface area contributed by atoms with Crippen LogP contribution in [0, 0.1) is 6.20 Å². The lowest BCUT2D eigenvalue weighted by atomic mass is 10.4. The Labute approximate surface area is 73.1 Å². The molecule has 0 amide bonds. The molecule has 0 aliphatic heterocycles. The molecule has 0 aliphatic rings. The van der Waals surface area contributed by atoms with Gasteiger partial charge in [0, 0.05) is 6.07 Å². The molecule has 13 heavy (non-hydrogen) atoms. The lowest BCUT2D eigenvalue weighted by Crippen LogP contribution is -2.20. The molecule has 0 unspecified atom stereocenters. The first-order valence-electron chi connectivity index (χ1n) is 3.61. The highest BCUT2D eigenvalue weighted by Gasteiger charge is 2.32.